The van der Waals surface area contributed by atoms with Crippen LogP contribution in [0, 0.1) is 0 Å². The quantitative estimate of drug-likeness (QED) is 0.840. The Kier molecular flexibility index (Phi) is 4.12. The number of piperidine rings is 1. The van der Waals surface area contributed by atoms with Crippen molar-refractivity contribution in [3.63, 3.8) is 0 Å². The topological polar surface area (TPSA) is 62.1 Å². The van der Waals surface area contributed by atoms with E-state index in [1.165, 1.54) is 0 Å². The lowest BCUT2D eigenvalue weighted by Crippen LogP contribution is -2.42. The van der Waals surface area contributed by atoms with Crippen molar-refractivity contribution < 1.29 is 4.79 Å². The normalized spacial score (nSPS) is 16.4. The molecular formula is C14H18ClN3O. The molecule has 1 aromatic carbocycles. The maximum absolute atomic E-state index is 12.4. The summed E-state index contributed by atoms with van der Waals surface area (Å²) < 4.78 is 0. The van der Waals surface area contributed by atoms with E-state index in [9.17, 15) is 4.79 Å². The van der Waals surface area contributed by atoms with Gasteiger partial charge in [0, 0.05) is 36.2 Å². The lowest BCUT2D eigenvalue weighted by atomic mass is 10.0. The van der Waals surface area contributed by atoms with Crippen molar-refractivity contribution in [3.05, 3.63) is 36.0 Å². The van der Waals surface area contributed by atoms with Crippen molar-refractivity contribution in [2.75, 3.05) is 13.1 Å². The minimum absolute atomic E-state index is 0. The summed E-state index contributed by atoms with van der Waals surface area (Å²) in [6.07, 6.45) is 3.60. The molecule has 4 nitrogen and oxygen atoms in total. The van der Waals surface area contributed by atoms with Crippen molar-refractivity contribution in [3.8, 4) is 0 Å². The van der Waals surface area contributed by atoms with Crippen molar-refractivity contribution in [1.29, 1.82) is 0 Å². The Morgan fingerprint density at radius 3 is 2.68 bits per heavy atom. The van der Waals surface area contributed by atoms with Crippen LogP contribution in [-0.4, -0.2) is 34.9 Å². The summed E-state index contributed by atoms with van der Waals surface area (Å²) in [7, 11) is 0. The van der Waals surface area contributed by atoms with Gasteiger partial charge in [0.25, 0.3) is 5.91 Å². The fourth-order valence-electron chi connectivity index (χ4n) is 2.52. The van der Waals surface area contributed by atoms with Gasteiger partial charge in [-0.2, -0.15) is 0 Å². The average Bonchev–Trinajstić information content (AvgIpc) is 2.82. The molecule has 1 amide bonds. The first kappa shape index (κ1) is 13.9. The Morgan fingerprint density at radius 1 is 1.26 bits per heavy atom. The van der Waals surface area contributed by atoms with E-state index in [1.807, 2.05) is 35.4 Å². The number of amides is 1. The van der Waals surface area contributed by atoms with Crippen molar-refractivity contribution in [1.82, 2.24) is 9.88 Å². The van der Waals surface area contributed by atoms with Gasteiger partial charge in [0.2, 0.25) is 0 Å². The Morgan fingerprint density at radius 2 is 1.95 bits per heavy atom. The first-order chi connectivity index (χ1) is 8.75. The molecule has 1 aliphatic rings. The van der Waals surface area contributed by atoms with Crippen LogP contribution in [0.4, 0.5) is 0 Å². The molecule has 102 valence electrons. The molecule has 1 saturated heterocycles. The van der Waals surface area contributed by atoms with E-state index in [0.717, 1.165) is 42.4 Å². The number of hydrogen-bond donors (Lipinski definition) is 2. The van der Waals surface area contributed by atoms with E-state index in [4.69, 9.17) is 5.73 Å². The number of aromatic amines is 1. The molecule has 0 spiro atoms. The number of aromatic nitrogens is 1. The van der Waals surface area contributed by atoms with E-state index in [2.05, 4.69) is 4.98 Å². The van der Waals surface area contributed by atoms with Crippen LogP contribution < -0.4 is 5.73 Å². The number of nitrogens with two attached hydrogens (primary N) is 1. The highest BCUT2D eigenvalue weighted by molar-refractivity contribution is 6.06. The van der Waals surface area contributed by atoms with E-state index >= 15 is 0 Å². The van der Waals surface area contributed by atoms with Crippen molar-refractivity contribution >= 4 is 29.2 Å². The highest BCUT2D eigenvalue weighted by Gasteiger charge is 2.23. The number of rotatable bonds is 1. The molecule has 0 bridgehead atoms. The molecule has 0 radical (unpaired) electrons. The van der Waals surface area contributed by atoms with Crippen LogP contribution in [0.3, 0.4) is 0 Å². The third kappa shape index (κ3) is 2.60. The Hall–Kier alpha value is -1.52. The molecule has 1 aromatic heterocycles. The summed E-state index contributed by atoms with van der Waals surface area (Å²) in [5.41, 5.74) is 7.64. The van der Waals surface area contributed by atoms with Crippen LogP contribution in [0.2, 0.25) is 0 Å². The average molecular weight is 280 g/mol. The Bertz CT molecular complexity index is 573. The smallest absolute Gasteiger partial charge is 0.256 e. The Labute approximate surface area is 118 Å². The zero-order chi connectivity index (χ0) is 12.5. The van der Waals surface area contributed by atoms with Gasteiger partial charge < -0.3 is 15.6 Å². The van der Waals surface area contributed by atoms with Crippen LogP contribution in [0.5, 0.6) is 0 Å². The van der Waals surface area contributed by atoms with E-state index in [0.29, 0.717) is 0 Å². The monoisotopic (exact) mass is 279 g/mol. The fraction of sp³-hybridized carbons (Fsp3) is 0.357. The lowest BCUT2D eigenvalue weighted by Gasteiger charge is -2.30. The number of carbonyl (C=O) groups excluding carboxylic acids is 1. The first-order valence-electron chi connectivity index (χ1n) is 6.36. The molecular weight excluding hydrogens is 262 g/mol. The van der Waals surface area contributed by atoms with Gasteiger partial charge >= 0.3 is 0 Å². The molecule has 1 aliphatic heterocycles. The summed E-state index contributed by atoms with van der Waals surface area (Å²) in [5.74, 6) is 0.111. The highest BCUT2D eigenvalue weighted by Crippen LogP contribution is 2.21. The van der Waals surface area contributed by atoms with Gasteiger partial charge in [-0.25, -0.2) is 0 Å². The van der Waals surface area contributed by atoms with E-state index in [-0.39, 0.29) is 24.4 Å². The number of nitrogens with zero attached hydrogens (tertiary/aromatic N) is 1. The number of para-hydroxylation sites is 1. The summed E-state index contributed by atoms with van der Waals surface area (Å²) >= 11 is 0. The lowest BCUT2D eigenvalue weighted by molar-refractivity contribution is 0.0717. The molecule has 0 atom stereocenters. The van der Waals surface area contributed by atoms with E-state index < -0.39 is 0 Å². The molecule has 0 unspecified atom stereocenters. The molecule has 3 rings (SSSR count). The van der Waals surface area contributed by atoms with E-state index in [1.54, 1.807) is 0 Å². The van der Waals surface area contributed by atoms with Gasteiger partial charge in [-0.15, -0.1) is 12.4 Å². The van der Waals surface area contributed by atoms with Gasteiger partial charge in [0.1, 0.15) is 0 Å². The fourth-order valence-corrected chi connectivity index (χ4v) is 2.52. The van der Waals surface area contributed by atoms with Gasteiger partial charge in [0.05, 0.1) is 5.56 Å². The first-order valence-corrected chi connectivity index (χ1v) is 6.36. The summed E-state index contributed by atoms with van der Waals surface area (Å²) in [6, 6.07) is 8.14. The number of halogens is 1. The van der Waals surface area contributed by atoms with Crippen LogP contribution in [-0.2, 0) is 0 Å². The predicted octanol–water partition coefficient (Wildman–Crippen LogP) is 2.15. The Balaban J connectivity index is 0.00000133. The minimum atomic E-state index is 0. The van der Waals surface area contributed by atoms with Gasteiger partial charge in [-0.05, 0) is 18.9 Å². The van der Waals surface area contributed by atoms with Crippen LogP contribution in [0.25, 0.3) is 10.9 Å². The van der Waals surface area contributed by atoms with Crippen molar-refractivity contribution in [2.45, 2.75) is 18.9 Å². The summed E-state index contributed by atoms with van der Waals surface area (Å²) in [6.45, 7) is 1.53. The second-order valence-corrected chi connectivity index (χ2v) is 4.88. The zero-order valence-electron chi connectivity index (χ0n) is 10.6. The molecule has 2 heterocycles. The third-order valence-electron chi connectivity index (χ3n) is 3.65. The number of likely N-dealkylation sites (tertiary alicyclic amines) is 1. The van der Waals surface area contributed by atoms with Crippen LogP contribution >= 0.6 is 12.4 Å². The van der Waals surface area contributed by atoms with Gasteiger partial charge in [-0.1, -0.05) is 18.2 Å². The number of benzene rings is 1. The van der Waals surface area contributed by atoms with Gasteiger partial charge in [0.15, 0.2) is 0 Å². The summed E-state index contributed by atoms with van der Waals surface area (Å²) in [5, 5.41) is 0.998. The predicted molar refractivity (Wildman–Crippen MR) is 78.7 cm³/mol. The molecule has 0 aliphatic carbocycles. The maximum Gasteiger partial charge on any atom is 0.256 e. The van der Waals surface area contributed by atoms with Crippen LogP contribution in [0.15, 0.2) is 30.5 Å². The molecule has 3 N–H and O–H groups in total. The molecule has 2 aromatic rings. The molecule has 0 saturated carbocycles. The van der Waals surface area contributed by atoms with Crippen molar-refractivity contribution in [2.24, 2.45) is 5.73 Å². The number of carbonyl (C=O) groups is 1. The number of H-pyrrole nitrogens is 1. The number of hydrogen-bond acceptors (Lipinski definition) is 2. The maximum atomic E-state index is 12.4. The van der Waals surface area contributed by atoms with Crippen LogP contribution in [0.1, 0.15) is 23.2 Å². The second kappa shape index (κ2) is 5.63. The third-order valence-corrected chi connectivity index (χ3v) is 3.65. The zero-order valence-corrected chi connectivity index (χ0v) is 11.5. The molecule has 1 fully saturated rings. The molecule has 5 heteroatoms. The standard InChI is InChI=1S/C14H17N3O.ClH/c15-10-5-7-17(8-6-10)14(18)12-9-16-13-4-2-1-3-11(12)13;/h1-4,9-10,16H,5-8,15H2;1H. The minimum Gasteiger partial charge on any atom is -0.360 e. The van der Waals surface area contributed by atoms with Gasteiger partial charge in [-0.3, -0.25) is 4.79 Å². The number of fused-ring (bicyclic) bond motifs is 1. The highest BCUT2D eigenvalue weighted by atomic mass is 35.5. The number of nitrogens with one attached hydrogen (secondary N) is 1. The second-order valence-electron chi connectivity index (χ2n) is 4.88. The molecule has 19 heavy (non-hydrogen) atoms. The largest absolute Gasteiger partial charge is 0.360 e. The SMILES string of the molecule is Cl.NC1CCN(C(=O)c2c[nH]c3ccccc23)CC1. The summed E-state index contributed by atoms with van der Waals surface area (Å²) in [4.78, 5) is 17.5.